The summed E-state index contributed by atoms with van der Waals surface area (Å²) in [5, 5.41) is 2.55. The van der Waals surface area contributed by atoms with Crippen LogP contribution in [0.3, 0.4) is 0 Å². The fourth-order valence-electron chi connectivity index (χ4n) is 4.50. The van der Waals surface area contributed by atoms with Crippen molar-refractivity contribution in [1.29, 1.82) is 0 Å². The molecule has 0 aromatic carbocycles. The molecule has 0 aromatic rings. The third-order valence-corrected chi connectivity index (χ3v) is 13.5. The third-order valence-electron chi connectivity index (χ3n) is 4.50. The molecule has 0 atom stereocenters. The van der Waals surface area contributed by atoms with E-state index in [4.69, 9.17) is 29.5 Å². The van der Waals surface area contributed by atoms with Gasteiger partial charge in [0.15, 0.2) is 0 Å². The molecule has 0 nitrogen and oxygen atoms in total. The van der Waals surface area contributed by atoms with E-state index in [2.05, 4.69) is 111 Å². The molecule has 0 N–H and O–H groups in total. The zero-order valence-electron chi connectivity index (χ0n) is 21.1. The standard InChI is InChI=1S/C12H27P.C9H21P.3ClH.V/c1-10(2,3)13(11(4,5)6)12(7,8)9;1-8(2,3)10(7)9(4,5)6;;;;/h1-9H3;1-7H3;3*1H;/q;;;;;+3/p-1. The first-order valence-corrected chi connectivity index (χ1v) is 19.0. The Morgan fingerprint density at radius 2 is 0.593 bits per heavy atom. The van der Waals surface area contributed by atoms with Gasteiger partial charge in [-0.2, -0.15) is 0 Å². The molecule has 0 radical (unpaired) electrons. The average molecular weight is 522 g/mol. The van der Waals surface area contributed by atoms with Gasteiger partial charge in [0.2, 0.25) is 0 Å². The molecule has 0 saturated carbocycles. The molecular formula is C21H50Cl3P2V+2. The van der Waals surface area contributed by atoms with Crippen molar-refractivity contribution >= 4 is 45.4 Å². The van der Waals surface area contributed by atoms with Gasteiger partial charge in [0.05, 0.1) is 25.8 Å². The van der Waals surface area contributed by atoms with E-state index in [0.717, 1.165) is 0 Å². The summed E-state index contributed by atoms with van der Waals surface area (Å²) in [7, 11) is 14.2. The Balaban J connectivity index is -0.000000364. The molecule has 0 aliphatic rings. The maximum absolute atomic E-state index is 4.95. The molecule has 0 heterocycles. The van der Waals surface area contributed by atoms with Crippen LogP contribution in [0.15, 0.2) is 0 Å². The molecule has 6 heteroatoms. The van der Waals surface area contributed by atoms with Crippen LogP contribution in [0.2, 0.25) is 0 Å². The molecule has 0 amide bonds. The Morgan fingerprint density at radius 3 is 0.593 bits per heavy atom. The number of halogens is 3. The molecule has 0 spiro atoms. The van der Waals surface area contributed by atoms with E-state index in [1.165, 1.54) is 0 Å². The van der Waals surface area contributed by atoms with Gasteiger partial charge >= 0.3 is 41.8 Å². The maximum atomic E-state index is 4.95. The van der Waals surface area contributed by atoms with Crippen molar-refractivity contribution < 1.29 is 12.3 Å². The van der Waals surface area contributed by atoms with Gasteiger partial charge in [-0.15, -0.1) is 0 Å². The van der Waals surface area contributed by atoms with Gasteiger partial charge in [0.1, 0.15) is 0 Å². The predicted molar refractivity (Wildman–Crippen MR) is 139 cm³/mol. The van der Waals surface area contributed by atoms with Crippen molar-refractivity contribution in [1.82, 2.24) is 0 Å². The van der Waals surface area contributed by atoms with E-state index in [1.54, 1.807) is 0 Å². The summed E-state index contributed by atoms with van der Waals surface area (Å²) in [6.45, 7) is 38.2. The summed E-state index contributed by atoms with van der Waals surface area (Å²) < 4.78 is 0. The molecule has 0 unspecified atom stereocenters. The van der Waals surface area contributed by atoms with E-state index >= 15 is 0 Å². The second kappa shape index (κ2) is 12.4. The summed E-state index contributed by atoms with van der Waals surface area (Å²) in [4.78, 5) is 0. The van der Waals surface area contributed by atoms with Crippen LogP contribution in [-0.2, 0) is 12.3 Å². The van der Waals surface area contributed by atoms with Crippen molar-refractivity contribution in [2.24, 2.45) is 0 Å². The first-order chi connectivity index (χ1) is 11.3. The van der Waals surface area contributed by atoms with E-state index in [-0.39, 0.29) is 7.92 Å². The van der Waals surface area contributed by atoms with Gasteiger partial charge in [-0.25, -0.2) is 0 Å². The van der Waals surface area contributed by atoms with Crippen LogP contribution in [-0.4, -0.2) is 32.4 Å². The van der Waals surface area contributed by atoms with Crippen LogP contribution in [0.25, 0.3) is 0 Å². The molecule has 0 aliphatic heterocycles. The molecule has 0 bridgehead atoms. The second-order valence-electron chi connectivity index (χ2n) is 12.4. The zero-order valence-corrected chi connectivity index (χ0v) is 26.7. The van der Waals surface area contributed by atoms with E-state index in [9.17, 15) is 0 Å². The molecule has 0 saturated heterocycles. The van der Waals surface area contributed by atoms with Crippen LogP contribution in [0.1, 0.15) is 104 Å². The van der Waals surface area contributed by atoms with Crippen molar-refractivity contribution in [3.8, 4) is 0 Å². The van der Waals surface area contributed by atoms with Gasteiger partial charge in [0, 0.05) is 22.5 Å². The van der Waals surface area contributed by atoms with Gasteiger partial charge in [0.25, 0.3) is 0 Å². The Bertz CT molecular complexity index is 342. The molecule has 27 heavy (non-hydrogen) atoms. The van der Waals surface area contributed by atoms with Crippen molar-refractivity contribution in [3.05, 3.63) is 0 Å². The van der Waals surface area contributed by atoms with Crippen LogP contribution in [0.4, 0.5) is 0 Å². The van der Waals surface area contributed by atoms with Crippen LogP contribution >= 0.6 is 45.4 Å². The fraction of sp³-hybridized carbons (Fsp3) is 1.00. The summed E-state index contributed by atoms with van der Waals surface area (Å²) >= 11 is -1.77. The Kier molecular flexibility index (Phi) is 15.6. The minimum atomic E-state index is -1.77. The Hall–Kier alpha value is 2.31. The van der Waals surface area contributed by atoms with Crippen molar-refractivity contribution in [2.45, 2.75) is 130 Å². The number of hydrogen-bond acceptors (Lipinski definition) is 0. The van der Waals surface area contributed by atoms with E-state index in [1.807, 2.05) is 0 Å². The normalized spacial score (nSPS) is 14.0. The number of hydrogen-bond donors (Lipinski definition) is 0. The van der Waals surface area contributed by atoms with Crippen LogP contribution in [0, 0.1) is 0 Å². The second-order valence-corrected chi connectivity index (χ2v) is 28.9. The van der Waals surface area contributed by atoms with Crippen LogP contribution < -0.4 is 0 Å². The van der Waals surface area contributed by atoms with Gasteiger partial charge in [-0.05, 0) is 104 Å². The SMILES string of the molecule is CC(C)(C)[PH+](C(C)(C)C)C(C)(C)C.C[PH+](C(C)(C)C)C(C)(C)C.[Cl][V]([Cl])[Cl]. The fourth-order valence-corrected chi connectivity index (χ4v) is 13.5. The summed E-state index contributed by atoms with van der Waals surface area (Å²) in [6.07, 6.45) is 0. The first-order valence-electron chi connectivity index (χ1n) is 9.76. The van der Waals surface area contributed by atoms with Gasteiger partial charge < -0.3 is 0 Å². The molecule has 0 aliphatic carbocycles. The Labute approximate surface area is 193 Å². The summed E-state index contributed by atoms with van der Waals surface area (Å²) in [5.74, 6) is 0. The molecule has 168 valence electrons. The van der Waals surface area contributed by atoms with Gasteiger partial charge in [-0.3, -0.25) is 0 Å². The van der Waals surface area contributed by atoms with Crippen LogP contribution in [0.5, 0.6) is 0 Å². The summed E-state index contributed by atoms with van der Waals surface area (Å²) in [6, 6.07) is 0. The molecule has 0 fully saturated rings. The Morgan fingerprint density at radius 1 is 0.444 bits per heavy atom. The minimum absolute atomic E-state index is 0.221. The summed E-state index contributed by atoms with van der Waals surface area (Å²) in [5.41, 5.74) is 0. The first kappa shape index (κ1) is 33.9. The van der Waals surface area contributed by atoms with Crippen molar-refractivity contribution in [2.75, 3.05) is 6.66 Å². The zero-order chi connectivity index (χ0) is 23.2. The molecule has 0 rings (SSSR count). The quantitative estimate of drug-likeness (QED) is 0.278. The van der Waals surface area contributed by atoms with E-state index < -0.39 is 20.2 Å². The monoisotopic (exact) mass is 520 g/mol. The third kappa shape index (κ3) is 18.8. The number of rotatable bonds is 0. The van der Waals surface area contributed by atoms with Gasteiger partial charge in [-0.1, -0.05) is 0 Å². The molecular weight excluding hydrogens is 471 g/mol. The molecule has 0 aromatic heterocycles. The predicted octanol–water partition coefficient (Wildman–Crippen LogP) is 10.1. The van der Waals surface area contributed by atoms with Crippen molar-refractivity contribution in [3.63, 3.8) is 0 Å². The van der Waals surface area contributed by atoms with E-state index in [0.29, 0.717) is 25.8 Å². The topological polar surface area (TPSA) is 0 Å². The average Bonchev–Trinajstić information content (AvgIpc) is 2.17.